The van der Waals surface area contributed by atoms with E-state index in [9.17, 15) is 43.5 Å². The second-order valence-electron chi connectivity index (χ2n) is 23.6. The molecule has 0 aromatic rings. The predicted octanol–water partition coefficient (Wildman–Crippen LogP) is 20.9. The van der Waals surface area contributed by atoms with Gasteiger partial charge in [0, 0.05) is 19.3 Å². The van der Waals surface area contributed by atoms with Crippen molar-refractivity contribution < 1.29 is 75.8 Å². The molecule has 0 aliphatic rings. The van der Waals surface area contributed by atoms with Crippen LogP contribution in [-0.4, -0.2) is 95.9 Å². The molecule has 18 heteroatoms. The first kappa shape index (κ1) is 91.9. The summed E-state index contributed by atoms with van der Waals surface area (Å²) in [6, 6.07) is 0. The zero-order valence-electron chi connectivity index (χ0n) is 59.7. The number of hydrogen-bond acceptors (Lipinski definition) is 14. The number of phosphoric ester groups is 2. The molecule has 0 rings (SSSR count). The third-order valence-electron chi connectivity index (χ3n) is 14.4. The van der Waals surface area contributed by atoms with Gasteiger partial charge in [-0.1, -0.05) is 255 Å². The number of esters is 3. The molecule has 0 aliphatic carbocycles. The van der Waals surface area contributed by atoms with Crippen LogP contribution in [0.4, 0.5) is 0 Å². The first-order chi connectivity index (χ1) is 47.2. The molecule has 0 saturated carbocycles. The van der Waals surface area contributed by atoms with Gasteiger partial charge in [0.15, 0.2) is 6.10 Å². The van der Waals surface area contributed by atoms with Crippen molar-refractivity contribution >= 4 is 33.6 Å². The Morgan fingerprint density at radius 1 is 0.299 bits per heavy atom. The molecular weight excluding hydrogens is 1270 g/mol. The van der Waals surface area contributed by atoms with E-state index < -0.39 is 91.5 Å². The Kier molecular flexibility index (Phi) is 67.0. The zero-order chi connectivity index (χ0) is 70.9. The van der Waals surface area contributed by atoms with Crippen LogP contribution in [0.15, 0.2) is 170 Å². The van der Waals surface area contributed by atoms with Crippen molar-refractivity contribution in [2.45, 2.75) is 270 Å². The maximum atomic E-state index is 12.9. The smallest absolute Gasteiger partial charge is 0.463 e. The summed E-state index contributed by atoms with van der Waals surface area (Å²) >= 11 is 0. The van der Waals surface area contributed by atoms with Crippen molar-refractivity contribution in [2.75, 3.05) is 39.6 Å². The number of hydrogen-bond donors (Lipinski definition) is 4. The number of carbonyl (C=O) groups is 3. The maximum Gasteiger partial charge on any atom is 0.472 e. The molecule has 0 heterocycles. The molecule has 5 atom stereocenters. The molecule has 16 nitrogen and oxygen atoms in total. The van der Waals surface area contributed by atoms with Gasteiger partial charge in [0.25, 0.3) is 0 Å². The fraction of sp³-hybridized carbons (Fsp3) is 0.608. The molecule has 0 fully saturated rings. The number of aliphatic hydroxyl groups is 2. The van der Waals surface area contributed by atoms with Crippen LogP contribution in [0, 0.1) is 0 Å². The number of unbranched alkanes of at least 4 members (excludes halogenated alkanes) is 16. The fourth-order valence-electron chi connectivity index (χ4n) is 8.91. The summed E-state index contributed by atoms with van der Waals surface area (Å²) in [5, 5.41) is 20.6. The molecule has 0 aliphatic heterocycles. The number of allylic oxidation sites excluding steroid dienone is 28. The third kappa shape index (κ3) is 72.0. The average Bonchev–Trinajstić information content (AvgIpc) is 1.65. The quantitative estimate of drug-likeness (QED) is 0.0146. The van der Waals surface area contributed by atoms with E-state index in [-0.39, 0.29) is 19.3 Å². The second-order valence-corrected chi connectivity index (χ2v) is 26.5. The van der Waals surface area contributed by atoms with Crippen molar-refractivity contribution in [3.8, 4) is 0 Å². The van der Waals surface area contributed by atoms with Crippen molar-refractivity contribution in [1.29, 1.82) is 0 Å². The molecule has 0 amide bonds. The summed E-state index contributed by atoms with van der Waals surface area (Å²) in [5.74, 6) is -1.69. The Bertz CT molecular complexity index is 2440. The normalized spacial score (nSPS) is 15.1. The molecule has 5 unspecified atom stereocenters. The van der Waals surface area contributed by atoms with Gasteiger partial charge in [-0.25, -0.2) is 9.13 Å². The van der Waals surface area contributed by atoms with E-state index in [0.717, 1.165) is 161 Å². The lowest BCUT2D eigenvalue weighted by Gasteiger charge is -2.21. The van der Waals surface area contributed by atoms with Crippen LogP contribution in [-0.2, 0) is 55.8 Å². The maximum absolute atomic E-state index is 12.9. The van der Waals surface area contributed by atoms with E-state index in [1.54, 1.807) is 0 Å². The summed E-state index contributed by atoms with van der Waals surface area (Å²) < 4.78 is 60.9. The summed E-state index contributed by atoms with van der Waals surface area (Å²) in [6.45, 7) is 2.28. The number of aliphatic hydroxyl groups excluding tert-OH is 2. The highest BCUT2D eigenvalue weighted by Crippen LogP contribution is 2.45. The molecule has 0 aromatic heterocycles. The van der Waals surface area contributed by atoms with Gasteiger partial charge in [-0.05, 0) is 148 Å². The Labute approximate surface area is 586 Å². The molecule has 0 spiro atoms. The molecule has 0 saturated heterocycles. The van der Waals surface area contributed by atoms with Crippen LogP contribution < -0.4 is 0 Å². The van der Waals surface area contributed by atoms with Crippen molar-refractivity contribution in [2.24, 2.45) is 0 Å². The van der Waals surface area contributed by atoms with E-state index in [4.69, 9.17) is 32.3 Å². The Morgan fingerprint density at radius 2 is 0.557 bits per heavy atom. The van der Waals surface area contributed by atoms with Crippen LogP contribution in [0.5, 0.6) is 0 Å². The lowest BCUT2D eigenvalue weighted by atomic mass is 10.1. The third-order valence-corrected chi connectivity index (χ3v) is 16.3. The molecule has 550 valence electrons. The number of phosphoric acid groups is 2. The van der Waals surface area contributed by atoms with E-state index in [2.05, 4.69) is 179 Å². The minimum Gasteiger partial charge on any atom is -0.463 e. The van der Waals surface area contributed by atoms with Gasteiger partial charge in [-0.2, -0.15) is 0 Å². The minimum absolute atomic E-state index is 0.0142. The standard InChI is InChI=1S/C79H128O16P2/c1-4-7-10-13-16-19-22-25-28-31-33-35-36-38-40-42-44-47-50-53-56-59-62-65-77(82)89-68-74(80)69-91-96(85,86)92-70-75(81)71-93-97(87,88)94-73-76(95-79(84)67-64-61-58-55-52-49-46-41-30-27-24-21-18-15-12-9-6-3)72-90-78(83)66-63-60-57-54-51-48-45-43-39-37-34-32-29-26-23-20-17-14-11-8-5-2/h8-9,11-12,16-21,25-30,33-35,37-38,40,43,45-46,49,55,58,74-76,80-81H,4-7,10,13-15,22-24,31-32,36,39,41-42,44,47-48,50-54,56-57,59-73H2,1-3H3,(H,85,86)(H,87,88)/b11-8-,12-9-,19-16-,20-17-,21-18-,28-25-,29-26-,30-27-,35-33-,37-34-,40-38-,45-43-,49-46-,58-55-. The van der Waals surface area contributed by atoms with Crippen LogP contribution in [0.3, 0.4) is 0 Å². The molecule has 97 heavy (non-hydrogen) atoms. The van der Waals surface area contributed by atoms with E-state index in [1.807, 2.05) is 12.2 Å². The lowest BCUT2D eigenvalue weighted by Crippen LogP contribution is -2.30. The average molecular weight is 1400 g/mol. The molecular formula is C79H128O16P2. The second kappa shape index (κ2) is 70.8. The lowest BCUT2D eigenvalue weighted by molar-refractivity contribution is -0.161. The molecule has 0 radical (unpaired) electrons. The highest BCUT2D eigenvalue weighted by molar-refractivity contribution is 7.47. The topological polar surface area (TPSA) is 231 Å². The highest BCUT2D eigenvalue weighted by Gasteiger charge is 2.29. The van der Waals surface area contributed by atoms with Crippen molar-refractivity contribution in [3.63, 3.8) is 0 Å². The largest absolute Gasteiger partial charge is 0.472 e. The van der Waals surface area contributed by atoms with Gasteiger partial charge in [0.1, 0.15) is 25.4 Å². The van der Waals surface area contributed by atoms with Gasteiger partial charge in [-0.15, -0.1) is 0 Å². The monoisotopic (exact) mass is 1390 g/mol. The summed E-state index contributed by atoms with van der Waals surface area (Å²) in [6.07, 6.45) is 88.3. The Hall–Kier alpha value is -5.09. The van der Waals surface area contributed by atoms with Crippen LogP contribution in [0.2, 0.25) is 0 Å². The number of ether oxygens (including phenoxy) is 3. The van der Waals surface area contributed by atoms with Gasteiger partial charge in [0.2, 0.25) is 0 Å². The zero-order valence-corrected chi connectivity index (χ0v) is 61.5. The van der Waals surface area contributed by atoms with Gasteiger partial charge in [0.05, 0.1) is 26.4 Å². The SMILES string of the molecule is CC/C=C\C/C=C\C/C=C\C/C=C\C/C=C\CCCCCCCC(=O)OCC(COP(=O)(O)OCC(O)COP(=O)(O)OCC(O)COC(=O)CCCCCCCCC/C=C\C/C=C\C/C=C\C/C=C\CCCCC)OC(=O)CCC/C=C\C/C=C\C/C=C\C/C=C\C/C=C\CC. The number of rotatable bonds is 67. The summed E-state index contributed by atoms with van der Waals surface area (Å²) in [4.78, 5) is 58.5. The summed E-state index contributed by atoms with van der Waals surface area (Å²) in [7, 11) is -9.83. The van der Waals surface area contributed by atoms with Gasteiger partial charge < -0.3 is 34.2 Å². The molecule has 0 bridgehead atoms. The van der Waals surface area contributed by atoms with Crippen molar-refractivity contribution in [1.82, 2.24) is 0 Å². The Morgan fingerprint density at radius 3 is 0.897 bits per heavy atom. The van der Waals surface area contributed by atoms with Crippen LogP contribution in [0.1, 0.15) is 252 Å². The molecule has 0 aromatic carbocycles. The highest BCUT2D eigenvalue weighted by atomic mass is 31.2. The van der Waals surface area contributed by atoms with E-state index >= 15 is 0 Å². The first-order valence-corrected chi connectivity index (χ1v) is 39.4. The Balaban J connectivity index is 4.76. The predicted molar refractivity (Wildman–Crippen MR) is 398 cm³/mol. The van der Waals surface area contributed by atoms with Crippen molar-refractivity contribution in [3.05, 3.63) is 170 Å². The van der Waals surface area contributed by atoms with Crippen LogP contribution >= 0.6 is 15.6 Å². The molecule has 4 N–H and O–H groups in total. The number of carbonyl (C=O) groups excluding carboxylic acids is 3. The fourth-order valence-corrected chi connectivity index (χ4v) is 10.5. The summed E-state index contributed by atoms with van der Waals surface area (Å²) in [5.41, 5.74) is 0. The first-order valence-electron chi connectivity index (χ1n) is 36.4. The van der Waals surface area contributed by atoms with E-state index in [1.165, 1.54) is 25.7 Å². The minimum atomic E-state index is -4.96. The van der Waals surface area contributed by atoms with E-state index in [0.29, 0.717) is 25.7 Å². The van der Waals surface area contributed by atoms with Crippen LogP contribution in [0.25, 0.3) is 0 Å². The van der Waals surface area contributed by atoms with Gasteiger partial charge >= 0.3 is 33.6 Å². The van der Waals surface area contributed by atoms with Gasteiger partial charge in [-0.3, -0.25) is 32.5 Å².